The van der Waals surface area contributed by atoms with Gasteiger partial charge in [-0.1, -0.05) is 60.8 Å². The van der Waals surface area contributed by atoms with E-state index in [1.165, 1.54) is 17.8 Å². The Hall–Kier alpha value is -3.98. The molecule has 1 amide bonds. The van der Waals surface area contributed by atoms with Crippen molar-refractivity contribution in [2.24, 2.45) is 4.99 Å². The topological polar surface area (TPSA) is 89.5 Å². The lowest BCUT2D eigenvalue weighted by molar-refractivity contribution is -0.138. The van der Waals surface area contributed by atoms with E-state index in [2.05, 4.69) is 16.9 Å². The summed E-state index contributed by atoms with van der Waals surface area (Å²) in [5.74, 6) is 0.782. The van der Waals surface area contributed by atoms with Crippen molar-refractivity contribution in [2.45, 2.75) is 25.9 Å². The van der Waals surface area contributed by atoms with Crippen molar-refractivity contribution in [1.82, 2.24) is 10.2 Å². The number of amides is 1. The fourth-order valence-electron chi connectivity index (χ4n) is 4.27. The summed E-state index contributed by atoms with van der Waals surface area (Å²) < 4.78 is 16.2. The van der Waals surface area contributed by atoms with Crippen LogP contribution in [0.1, 0.15) is 30.5 Å². The van der Waals surface area contributed by atoms with Gasteiger partial charge < -0.3 is 24.4 Å². The molecule has 0 radical (unpaired) electrons. The number of hydrogen-bond acceptors (Lipinski definition) is 8. The number of ether oxygens (including phenoxy) is 3. The largest absolute Gasteiger partial charge is 0.458 e. The van der Waals surface area contributed by atoms with Gasteiger partial charge in [0.1, 0.15) is 6.61 Å². The normalized spacial score (nSPS) is 17.8. The summed E-state index contributed by atoms with van der Waals surface area (Å²) in [7, 11) is 0. The number of esters is 1. The van der Waals surface area contributed by atoms with E-state index < -0.39 is 12.0 Å². The molecular weight excluding hydrogens is 478 g/mol. The molecule has 0 bridgehead atoms. The molecule has 3 heterocycles. The molecule has 184 valence electrons. The summed E-state index contributed by atoms with van der Waals surface area (Å²) in [6.07, 6.45) is 1.66. The first kappa shape index (κ1) is 23.7. The van der Waals surface area contributed by atoms with Crippen molar-refractivity contribution >= 4 is 28.8 Å². The number of amidine groups is 1. The number of rotatable bonds is 8. The Morgan fingerprint density at radius 1 is 1.22 bits per heavy atom. The third-order valence-corrected chi connectivity index (χ3v) is 6.83. The van der Waals surface area contributed by atoms with Crippen molar-refractivity contribution in [1.29, 1.82) is 0 Å². The molecule has 2 aromatic carbocycles. The maximum Gasteiger partial charge on any atom is 0.338 e. The SMILES string of the molecule is C=CCOC(=O)C1=C(C)N=C2SC=C(CC(=O)NCc3ccc4c(c3)OCO4)N2[C@H]1c1ccccc1. The van der Waals surface area contributed by atoms with Crippen molar-refractivity contribution in [3.8, 4) is 11.5 Å². The zero-order chi connectivity index (χ0) is 25.1. The van der Waals surface area contributed by atoms with Crippen LogP contribution in [-0.4, -0.2) is 35.3 Å². The number of fused-ring (bicyclic) bond motifs is 2. The maximum absolute atomic E-state index is 13.1. The van der Waals surface area contributed by atoms with Gasteiger partial charge in [-0.15, -0.1) is 0 Å². The molecule has 0 aliphatic carbocycles. The highest BCUT2D eigenvalue weighted by Gasteiger charge is 2.41. The van der Waals surface area contributed by atoms with Gasteiger partial charge in [0.15, 0.2) is 16.7 Å². The Labute approximate surface area is 213 Å². The van der Waals surface area contributed by atoms with E-state index in [0.717, 1.165) is 22.0 Å². The minimum atomic E-state index is -0.459. The van der Waals surface area contributed by atoms with E-state index >= 15 is 0 Å². The van der Waals surface area contributed by atoms with Gasteiger partial charge in [-0.05, 0) is 35.6 Å². The molecule has 0 saturated carbocycles. The zero-order valence-electron chi connectivity index (χ0n) is 19.7. The van der Waals surface area contributed by atoms with Crippen LogP contribution in [0.2, 0.25) is 0 Å². The summed E-state index contributed by atoms with van der Waals surface area (Å²) >= 11 is 1.44. The number of hydrogen-bond donors (Lipinski definition) is 1. The smallest absolute Gasteiger partial charge is 0.338 e. The summed E-state index contributed by atoms with van der Waals surface area (Å²) in [4.78, 5) is 32.6. The average Bonchev–Trinajstić information content (AvgIpc) is 3.52. The van der Waals surface area contributed by atoms with E-state index in [9.17, 15) is 9.59 Å². The fourth-order valence-corrected chi connectivity index (χ4v) is 5.24. The monoisotopic (exact) mass is 503 g/mol. The molecule has 3 aliphatic heterocycles. The highest BCUT2D eigenvalue weighted by molar-refractivity contribution is 8.16. The van der Waals surface area contributed by atoms with Gasteiger partial charge in [-0.25, -0.2) is 9.79 Å². The Morgan fingerprint density at radius 2 is 2.03 bits per heavy atom. The van der Waals surface area contributed by atoms with E-state index in [4.69, 9.17) is 14.2 Å². The molecule has 5 rings (SSSR count). The maximum atomic E-state index is 13.1. The predicted octanol–water partition coefficient (Wildman–Crippen LogP) is 4.43. The number of nitrogens with zero attached hydrogens (tertiary/aromatic N) is 2. The number of nitrogens with one attached hydrogen (secondary N) is 1. The van der Waals surface area contributed by atoms with Gasteiger partial charge in [-0.3, -0.25) is 4.79 Å². The number of thioether (sulfide) groups is 1. The minimum absolute atomic E-state index is 0.105. The highest BCUT2D eigenvalue weighted by Crippen LogP contribution is 2.44. The molecule has 2 aromatic rings. The van der Waals surface area contributed by atoms with Crippen LogP contribution in [0.4, 0.5) is 0 Å². The lowest BCUT2D eigenvalue weighted by atomic mass is 9.94. The lowest BCUT2D eigenvalue weighted by Crippen LogP contribution is -2.38. The predicted molar refractivity (Wildman–Crippen MR) is 137 cm³/mol. The third-order valence-electron chi connectivity index (χ3n) is 5.94. The Morgan fingerprint density at radius 3 is 2.83 bits per heavy atom. The second-order valence-corrected chi connectivity index (χ2v) is 9.17. The van der Waals surface area contributed by atoms with Crippen LogP contribution in [0.5, 0.6) is 11.5 Å². The number of carbonyl (C=O) groups excluding carboxylic acids is 2. The van der Waals surface area contributed by atoms with Gasteiger partial charge in [0.25, 0.3) is 0 Å². The summed E-state index contributed by atoms with van der Waals surface area (Å²) in [6.45, 7) is 6.10. The summed E-state index contributed by atoms with van der Waals surface area (Å²) in [6, 6.07) is 14.8. The first-order valence-corrected chi connectivity index (χ1v) is 12.4. The van der Waals surface area contributed by atoms with Crippen LogP contribution < -0.4 is 14.8 Å². The summed E-state index contributed by atoms with van der Waals surface area (Å²) in [5, 5.41) is 5.61. The molecule has 0 spiro atoms. The molecular formula is C27H25N3O5S. The van der Waals surface area contributed by atoms with Crippen LogP contribution >= 0.6 is 11.8 Å². The molecule has 3 aliphatic rings. The summed E-state index contributed by atoms with van der Waals surface area (Å²) in [5.41, 5.74) is 3.62. The molecule has 0 aromatic heterocycles. The second-order valence-electron chi connectivity index (χ2n) is 8.33. The van der Waals surface area contributed by atoms with Crippen LogP contribution in [0, 0.1) is 0 Å². The highest BCUT2D eigenvalue weighted by atomic mass is 32.2. The first-order chi connectivity index (χ1) is 17.5. The molecule has 1 N–H and O–H groups in total. The Balaban J connectivity index is 1.35. The lowest BCUT2D eigenvalue weighted by Gasteiger charge is -2.36. The molecule has 0 fully saturated rings. The molecule has 1 atom stereocenters. The van der Waals surface area contributed by atoms with Crippen LogP contribution in [0.25, 0.3) is 0 Å². The van der Waals surface area contributed by atoms with E-state index in [1.54, 1.807) is 6.92 Å². The van der Waals surface area contributed by atoms with Crippen LogP contribution in [0.15, 0.2) is 88.6 Å². The molecule has 36 heavy (non-hydrogen) atoms. The first-order valence-electron chi connectivity index (χ1n) is 11.5. The Kier molecular flexibility index (Phi) is 6.81. The van der Waals surface area contributed by atoms with E-state index in [-0.39, 0.29) is 25.7 Å². The van der Waals surface area contributed by atoms with Gasteiger partial charge in [0.2, 0.25) is 12.7 Å². The van der Waals surface area contributed by atoms with E-state index in [0.29, 0.717) is 29.3 Å². The quantitative estimate of drug-likeness (QED) is 0.421. The zero-order valence-corrected chi connectivity index (χ0v) is 20.5. The van der Waals surface area contributed by atoms with Crippen molar-refractivity contribution in [3.05, 3.63) is 94.7 Å². The van der Waals surface area contributed by atoms with Gasteiger partial charge in [-0.2, -0.15) is 0 Å². The van der Waals surface area contributed by atoms with Crippen molar-refractivity contribution in [2.75, 3.05) is 13.4 Å². The van der Waals surface area contributed by atoms with Gasteiger partial charge in [0, 0.05) is 12.2 Å². The standard InChI is InChI=1S/C27H25N3O5S/c1-3-11-33-26(32)24-17(2)29-27-30(25(24)19-7-5-4-6-8-19)20(15-36-27)13-23(31)28-14-18-9-10-21-22(12-18)35-16-34-21/h3-10,12,15,25H,1,11,13-14,16H2,2H3,(H,28,31)/t25-/m0/s1. The Bertz CT molecular complexity index is 1300. The molecule has 0 unspecified atom stereocenters. The van der Waals surface area contributed by atoms with E-state index in [1.807, 2.05) is 58.8 Å². The van der Waals surface area contributed by atoms with Crippen LogP contribution in [-0.2, 0) is 20.9 Å². The molecule has 8 nitrogen and oxygen atoms in total. The average molecular weight is 504 g/mol. The molecule has 0 saturated heterocycles. The number of benzene rings is 2. The fraction of sp³-hybridized carbons (Fsp3) is 0.222. The van der Waals surface area contributed by atoms with Gasteiger partial charge >= 0.3 is 5.97 Å². The van der Waals surface area contributed by atoms with Crippen molar-refractivity contribution < 1.29 is 23.8 Å². The van der Waals surface area contributed by atoms with Crippen molar-refractivity contribution in [3.63, 3.8) is 0 Å². The molecule has 9 heteroatoms. The second kappa shape index (κ2) is 10.3. The minimum Gasteiger partial charge on any atom is -0.458 e. The number of aliphatic imine (C=N–C) groups is 1. The van der Waals surface area contributed by atoms with Gasteiger partial charge in [0.05, 0.1) is 23.7 Å². The number of carbonyl (C=O) groups is 2. The third kappa shape index (κ3) is 4.74. The van der Waals surface area contributed by atoms with Crippen LogP contribution in [0.3, 0.4) is 0 Å². The number of allylic oxidation sites excluding steroid dienone is 1.